The first-order valence-corrected chi connectivity index (χ1v) is 9.37. The molecule has 0 N–H and O–H groups in total. The van der Waals surface area contributed by atoms with Gasteiger partial charge in [-0.05, 0) is 0 Å². The molecule has 1 atom stereocenters. The van der Waals surface area contributed by atoms with Crippen LogP contribution in [0.5, 0.6) is 11.5 Å². The van der Waals surface area contributed by atoms with Crippen molar-refractivity contribution in [2.45, 2.75) is 30.4 Å². The molecule has 0 fully saturated rings. The van der Waals surface area contributed by atoms with Gasteiger partial charge in [0.15, 0.2) is 0 Å². The number of hydrogen-bond acceptors (Lipinski definition) is 5. The van der Waals surface area contributed by atoms with E-state index in [2.05, 4.69) is 9.19 Å². The topological polar surface area (TPSA) is 61.3 Å². The van der Waals surface area contributed by atoms with Crippen LogP contribution >= 0.6 is 0 Å². The number of aromatic nitrogens is 2. The van der Waals surface area contributed by atoms with E-state index in [1.54, 1.807) is 7.11 Å². The third-order valence-corrected chi connectivity index (χ3v) is 7.88. The van der Waals surface area contributed by atoms with Crippen LogP contribution in [-0.2, 0) is 15.5 Å². The molecular formula is C14H16N2O3SSe. The molecule has 21 heavy (non-hydrogen) atoms. The fourth-order valence-corrected chi connectivity index (χ4v) is 5.87. The van der Waals surface area contributed by atoms with Crippen molar-refractivity contribution in [3.8, 4) is 22.8 Å². The number of rotatable bonds is 3. The Morgan fingerprint density at radius 2 is 2.10 bits per heavy atom. The SMILES string of the molecule is CCOc1cc2c(cc1OC)S(=O)C(C)(C)c1[se]nnc1-2. The Hall–Kier alpha value is -1.17. The predicted octanol–water partition coefficient (Wildman–Crippen LogP) is 1.96. The Bertz CT molecular complexity index is 727. The summed E-state index contributed by atoms with van der Waals surface area (Å²) in [5.74, 6) is 1.25. The van der Waals surface area contributed by atoms with Gasteiger partial charge in [-0.1, -0.05) is 0 Å². The quantitative estimate of drug-likeness (QED) is 0.772. The number of ether oxygens (including phenoxy) is 2. The molecule has 0 saturated carbocycles. The summed E-state index contributed by atoms with van der Waals surface area (Å²) in [4.78, 5) is 0.746. The molecule has 0 bridgehead atoms. The van der Waals surface area contributed by atoms with Gasteiger partial charge in [0.2, 0.25) is 0 Å². The van der Waals surface area contributed by atoms with E-state index in [4.69, 9.17) is 9.47 Å². The Kier molecular flexibility index (Phi) is 3.67. The van der Waals surface area contributed by atoms with E-state index in [9.17, 15) is 4.21 Å². The second-order valence-electron chi connectivity index (χ2n) is 5.16. The normalized spacial score (nSPS) is 18.8. The molecule has 1 aliphatic heterocycles. The van der Waals surface area contributed by atoms with Crippen molar-refractivity contribution < 1.29 is 13.7 Å². The molecule has 1 aromatic heterocycles. The van der Waals surface area contributed by atoms with Gasteiger partial charge in [-0.2, -0.15) is 0 Å². The van der Waals surface area contributed by atoms with Crippen LogP contribution in [0.3, 0.4) is 0 Å². The zero-order valence-electron chi connectivity index (χ0n) is 12.3. The van der Waals surface area contributed by atoms with Crippen LogP contribution in [0.4, 0.5) is 0 Å². The van der Waals surface area contributed by atoms with Crippen molar-refractivity contribution >= 4 is 25.5 Å². The Morgan fingerprint density at radius 1 is 1.33 bits per heavy atom. The molecule has 2 heterocycles. The minimum absolute atomic E-state index is 0.0715. The average molecular weight is 371 g/mol. The Balaban J connectivity index is 2.28. The minimum atomic E-state index is -1.16. The maximum absolute atomic E-state index is 12.9. The molecule has 0 saturated heterocycles. The van der Waals surface area contributed by atoms with Gasteiger partial charge in [0.1, 0.15) is 0 Å². The molecule has 0 spiro atoms. The van der Waals surface area contributed by atoms with E-state index >= 15 is 0 Å². The van der Waals surface area contributed by atoms with Gasteiger partial charge < -0.3 is 0 Å². The van der Waals surface area contributed by atoms with E-state index in [-0.39, 0.29) is 14.7 Å². The van der Waals surface area contributed by atoms with Gasteiger partial charge in [-0.15, -0.1) is 0 Å². The molecule has 0 aliphatic carbocycles. The van der Waals surface area contributed by atoms with Crippen LogP contribution < -0.4 is 9.47 Å². The molecule has 0 amide bonds. The third-order valence-electron chi connectivity index (χ3n) is 3.52. The van der Waals surface area contributed by atoms with E-state index in [0.717, 1.165) is 20.6 Å². The summed E-state index contributed by atoms with van der Waals surface area (Å²) in [5.41, 5.74) is 1.72. The predicted molar refractivity (Wildman–Crippen MR) is 81.6 cm³/mol. The molecule has 0 radical (unpaired) electrons. The fourth-order valence-electron chi connectivity index (χ4n) is 2.43. The monoisotopic (exact) mass is 372 g/mol. The maximum atomic E-state index is 12.9. The molecule has 1 aliphatic rings. The Labute approximate surface area is 132 Å². The molecule has 112 valence electrons. The number of hydrogen-bond donors (Lipinski definition) is 0. The van der Waals surface area contributed by atoms with Crippen LogP contribution in [0.1, 0.15) is 25.2 Å². The van der Waals surface area contributed by atoms with Crippen molar-refractivity contribution in [1.29, 1.82) is 0 Å². The van der Waals surface area contributed by atoms with Crippen LogP contribution in [0.25, 0.3) is 11.3 Å². The second-order valence-corrected chi connectivity index (χ2v) is 8.74. The van der Waals surface area contributed by atoms with Crippen LogP contribution in [0.15, 0.2) is 17.0 Å². The molecule has 5 nitrogen and oxygen atoms in total. The van der Waals surface area contributed by atoms with Gasteiger partial charge in [0, 0.05) is 0 Å². The molecule has 3 rings (SSSR count). The first-order chi connectivity index (χ1) is 10.0. The molecule has 7 heteroatoms. The van der Waals surface area contributed by atoms with Crippen LogP contribution in [0, 0.1) is 0 Å². The van der Waals surface area contributed by atoms with Crippen molar-refractivity contribution in [3.63, 3.8) is 0 Å². The standard InChI is InChI=1S/C14H16N2O3SSe/c1-5-19-10-6-8-11(7-9(10)18-4)20(17)14(2,3)13-12(8)15-16-21-13/h6-7H,5H2,1-4H3. The summed E-state index contributed by atoms with van der Waals surface area (Å²) in [6.07, 6.45) is 0. The summed E-state index contributed by atoms with van der Waals surface area (Å²) in [5, 5.41) is 4.29. The van der Waals surface area contributed by atoms with Gasteiger partial charge in [-0.25, -0.2) is 0 Å². The summed E-state index contributed by atoms with van der Waals surface area (Å²) < 4.78 is 28.7. The first kappa shape index (κ1) is 14.8. The number of benzene rings is 1. The van der Waals surface area contributed by atoms with Crippen molar-refractivity contribution in [2.75, 3.05) is 13.7 Å². The summed E-state index contributed by atoms with van der Waals surface area (Å²) in [6.45, 7) is 6.44. The zero-order chi connectivity index (χ0) is 15.2. The van der Waals surface area contributed by atoms with Gasteiger partial charge >= 0.3 is 132 Å². The van der Waals surface area contributed by atoms with Crippen molar-refractivity contribution in [2.24, 2.45) is 0 Å². The average Bonchev–Trinajstić information content (AvgIpc) is 2.95. The van der Waals surface area contributed by atoms with E-state index in [1.165, 1.54) is 0 Å². The van der Waals surface area contributed by atoms with Gasteiger partial charge in [0.25, 0.3) is 0 Å². The van der Waals surface area contributed by atoms with E-state index in [0.29, 0.717) is 18.1 Å². The molecular weight excluding hydrogens is 355 g/mol. The molecule has 1 unspecified atom stereocenters. The summed E-state index contributed by atoms with van der Waals surface area (Å²) >= 11 is -0.0715. The first-order valence-electron chi connectivity index (χ1n) is 6.60. The second kappa shape index (κ2) is 5.23. The fraction of sp³-hybridized carbons (Fsp3) is 0.429. The van der Waals surface area contributed by atoms with Crippen molar-refractivity contribution in [1.82, 2.24) is 9.19 Å². The molecule has 1 aromatic carbocycles. The summed E-state index contributed by atoms with van der Waals surface area (Å²) in [6, 6.07) is 3.68. The number of fused-ring (bicyclic) bond motifs is 3. The number of methoxy groups -OCH3 is 1. The third kappa shape index (κ3) is 2.15. The van der Waals surface area contributed by atoms with E-state index in [1.807, 2.05) is 32.9 Å². The summed E-state index contributed by atoms with van der Waals surface area (Å²) in [7, 11) is 0.430. The Morgan fingerprint density at radius 3 is 2.76 bits per heavy atom. The van der Waals surface area contributed by atoms with Crippen LogP contribution in [0.2, 0.25) is 0 Å². The van der Waals surface area contributed by atoms with Gasteiger partial charge in [-0.3, -0.25) is 0 Å². The van der Waals surface area contributed by atoms with E-state index < -0.39 is 15.5 Å². The number of nitrogens with zero attached hydrogens (tertiary/aromatic N) is 2. The molecule has 2 aromatic rings. The van der Waals surface area contributed by atoms with Gasteiger partial charge in [0.05, 0.1) is 0 Å². The van der Waals surface area contributed by atoms with Crippen LogP contribution in [-0.4, -0.2) is 41.9 Å². The van der Waals surface area contributed by atoms with Crippen molar-refractivity contribution in [3.05, 3.63) is 16.6 Å². The zero-order valence-corrected chi connectivity index (χ0v) is 14.8.